The van der Waals surface area contributed by atoms with Gasteiger partial charge in [-0.05, 0) is 42.0 Å². The van der Waals surface area contributed by atoms with Crippen LogP contribution in [0.15, 0.2) is 48.5 Å². The zero-order valence-corrected chi connectivity index (χ0v) is 14.3. The first-order valence-corrected chi connectivity index (χ1v) is 7.93. The van der Waals surface area contributed by atoms with Crippen molar-refractivity contribution in [2.24, 2.45) is 0 Å². The molecule has 6 heteroatoms. The highest BCUT2D eigenvalue weighted by Gasteiger charge is 2.12. The van der Waals surface area contributed by atoms with Gasteiger partial charge in [-0.15, -0.1) is 0 Å². The zero-order chi connectivity index (χ0) is 18.2. The van der Waals surface area contributed by atoms with Crippen LogP contribution in [0.5, 0.6) is 5.75 Å². The highest BCUT2D eigenvalue weighted by atomic mass is 19.1. The second-order valence-corrected chi connectivity index (χ2v) is 5.52. The highest BCUT2D eigenvalue weighted by molar-refractivity contribution is 5.91. The second kappa shape index (κ2) is 8.82. The van der Waals surface area contributed by atoms with E-state index in [1.165, 1.54) is 19.1 Å². The lowest BCUT2D eigenvalue weighted by molar-refractivity contribution is -0.121. The third-order valence-electron chi connectivity index (χ3n) is 3.70. The fourth-order valence-corrected chi connectivity index (χ4v) is 2.39. The Morgan fingerprint density at radius 2 is 1.72 bits per heavy atom. The molecule has 0 fully saturated rings. The molecule has 1 N–H and O–H groups in total. The fourth-order valence-electron chi connectivity index (χ4n) is 2.39. The molecule has 2 aromatic carbocycles. The molecule has 0 saturated carbocycles. The maximum atomic E-state index is 12.9. The first-order chi connectivity index (χ1) is 12.0. The lowest BCUT2D eigenvalue weighted by atomic mass is 10.1. The van der Waals surface area contributed by atoms with Crippen LogP contribution in [0.25, 0.3) is 0 Å². The standard InChI is InChI=1S/C19H21FN2O3/c1-14(23)22(17-7-9-18(25-2)10-8-17)12-11-21-19(24)13-15-3-5-16(20)6-4-15/h3-10H,11-13H2,1-2H3,(H,21,24). The van der Waals surface area contributed by atoms with Gasteiger partial charge in [-0.25, -0.2) is 4.39 Å². The molecule has 0 aliphatic rings. The predicted molar refractivity (Wildman–Crippen MR) is 94.1 cm³/mol. The van der Waals surface area contributed by atoms with Crippen LogP contribution in [0.4, 0.5) is 10.1 Å². The summed E-state index contributed by atoms with van der Waals surface area (Å²) in [6.07, 6.45) is 0.170. The number of amides is 2. The first-order valence-electron chi connectivity index (χ1n) is 7.93. The van der Waals surface area contributed by atoms with Crippen molar-refractivity contribution in [2.45, 2.75) is 13.3 Å². The Kier molecular flexibility index (Phi) is 6.51. The molecule has 2 amide bonds. The van der Waals surface area contributed by atoms with E-state index in [4.69, 9.17) is 4.74 Å². The molecule has 0 atom stereocenters. The Bertz CT molecular complexity index is 714. The zero-order valence-electron chi connectivity index (χ0n) is 14.3. The molecule has 0 bridgehead atoms. The molecule has 0 heterocycles. The summed E-state index contributed by atoms with van der Waals surface area (Å²) < 4.78 is 18.0. The normalized spacial score (nSPS) is 10.2. The number of methoxy groups -OCH3 is 1. The Balaban J connectivity index is 1.87. The van der Waals surface area contributed by atoms with Crippen LogP contribution in [-0.2, 0) is 16.0 Å². The van der Waals surface area contributed by atoms with Crippen LogP contribution in [0.2, 0.25) is 0 Å². The van der Waals surface area contributed by atoms with Crippen molar-refractivity contribution >= 4 is 17.5 Å². The van der Waals surface area contributed by atoms with Crippen LogP contribution in [-0.4, -0.2) is 32.0 Å². The SMILES string of the molecule is COc1ccc(N(CCNC(=O)Cc2ccc(F)cc2)C(C)=O)cc1. The van der Waals surface area contributed by atoms with Crippen molar-refractivity contribution in [1.29, 1.82) is 0 Å². The molecule has 0 radical (unpaired) electrons. The van der Waals surface area contributed by atoms with E-state index in [0.29, 0.717) is 18.8 Å². The number of carbonyl (C=O) groups is 2. The minimum Gasteiger partial charge on any atom is -0.497 e. The maximum Gasteiger partial charge on any atom is 0.224 e. The average molecular weight is 344 g/mol. The number of carbonyl (C=O) groups excluding carboxylic acids is 2. The summed E-state index contributed by atoms with van der Waals surface area (Å²) in [5.74, 6) is 0.0865. The minimum absolute atomic E-state index is 0.113. The van der Waals surface area contributed by atoms with Crippen molar-refractivity contribution in [3.05, 3.63) is 59.9 Å². The highest BCUT2D eigenvalue weighted by Crippen LogP contribution is 2.19. The molecule has 0 saturated heterocycles. The van der Waals surface area contributed by atoms with E-state index in [-0.39, 0.29) is 24.1 Å². The van der Waals surface area contributed by atoms with Crippen LogP contribution in [0.1, 0.15) is 12.5 Å². The second-order valence-electron chi connectivity index (χ2n) is 5.52. The molecule has 0 aliphatic carbocycles. The van der Waals surface area contributed by atoms with Crippen LogP contribution >= 0.6 is 0 Å². The minimum atomic E-state index is -0.333. The van der Waals surface area contributed by atoms with Crippen molar-refractivity contribution in [3.63, 3.8) is 0 Å². The molecule has 132 valence electrons. The van der Waals surface area contributed by atoms with E-state index in [9.17, 15) is 14.0 Å². The van der Waals surface area contributed by atoms with Gasteiger partial charge < -0.3 is 15.0 Å². The third-order valence-corrected chi connectivity index (χ3v) is 3.70. The van der Waals surface area contributed by atoms with Gasteiger partial charge in [-0.1, -0.05) is 12.1 Å². The van der Waals surface area contributed by atoms with E-state index in [1.807, 2.05) is 0 Å². The fraction of sp³-hybridized carbons (Fsp3) is 0.263. The van der Waals surface area contributed by atoms with E-state index in [1.54, 1.807) is 48.4 Å². The number of nitrogens with one attached hydrogen (secondary N) is 1. The summed E-state index contributed by atoms with van der Waals surface area (Å²) >= 11 is 0. The summed E-state index contributed by atoms with van der Waals surface area (Å²) in [5, 5.41) is 2.77. The number of hydrogen-bond donors (Lipinski definition) is 1. The Morgan fingerprint density at radius 1 is 1.08 bits per heavy atom. The van der Waals surface area contributed by atoms with Crippen molar-refractivity contribution < 1.29 is 18.7 Å². The number of halogens is 1. The molecule has 5 nitrogen and oxygen atoms in total. The number of nitrogens with zero attached hydrogens (tertiary/aromatic N) is 1. The lowest BCUT2D eigenvalue weighted by Crippen LogP contribution is -2.38. The van der Waals surface area contributed by atoms with Gasteiger partial charge in [0.1, 0.15) is 11.6 Å². The largest absolute Gasteiger partial charge is 0.497 e. The molecular weight excluding hydrogens is 323 g/mol. The molecule has 2 rings (SSSR count). The Labute approximate surface area is 146 Å². The van der Waals surface area contributed by atoms with Gasteiger partial charge in [-0.3, -0.25) is 9.59 Å². The van der Waals surface area contributed by atoms with E-state index in [2.05, 4.69) is 5.32 Å². The summed E-state index contributed by atoms with van der Waals surface area (Å²) in [5.41, 5.74) is 1.47. The van der Waals surface area contributed by atoms with Crippen LogP contribution in [0.3, 0.4) is 0 Å². The van der Waals surface area contributed by atoms with E-state index in [0.717, 1.165) is 11.3 Å². The molecular formula is C19H21FN2O3. The molecule has 2 aromatic rings. The monoisotopic (exact) mass is 344 g/mol. The molecule has 0 unspecified atom stereocenters. The van der Waals surface area contributed by atoms with Gasteiger partial charge in [0.2, 0.25) is 11.8 Å². The quantitative estimate of drug-likeness (QED) is 0.840. The van der Waals surface area contributed by atoms with Crippen molar-refractivity contribution in [2.75, 3.05) is 25.1 Å². The van der Waals surface area contributed by atoms with Crippen molar-refractivity contribution in [3.8, 4) is 5.75 Å². The summed E-state index contributed by atoms with van der Waals surface area (Å²) in [4.78, 5) is 25.4. The number of benzene rings is 2. The van der Waals surface area contributed by atoms with Gasteiger partial charge >= 0.3 is 0 Å². The Hall–Kier alpha value is -2.89. The maximum absolute atomic E-state index is 12.9. The van der Waals surface area contributed by atoms with E-state index < -0.39 is 0 Å². The van der Waals surface area contributed by atoms with Crippen LogP contribution < -0.4 is 15.0 Å². The summed E-state index contributed by atoms with van der Waals surface area (Å²) in [7, 11) is 1.58. The average Bonchev–Trinajstić information content (AvgIpc) is 2.60. The summed E-state index contributed by atoms with van der Waals surface area (Å²) in [6, 6.07) is 12.9. The molecule has 0 aliphatic heterocycles. The van der Waals surface area contributed by atoms with Gasteiger partial charge in [-0.2, -0.15) is 0 Å². The van der Waals surface area contributed by atoms with Gasteiger partial charge in [0.05, 0.1) is 13.5 Å². The lowest BCUT2D eigenvalue weighted by Gasteiger charge is -2.21. The number of ether oxygens (including phenoxy) is 1. The molecule has 0 spiro atoms. The Morgan fingerprint density at radius 3 is 2.28 bits per heavy atom. The predicted octanol–water partition coefficient (Wildman–Crippen LogP) is 2.55. The topological polar surface area (TPSA) is 58.6 Å². The van der Waals surface area contributed by atoms with Gasteiger partial charge in [0.25, 0.3) is 0 Å². The number of rotatable bonds is 7. The van der Waals surface area contributed by atoms with Crippen LogP contribution in [0, 0.1) is 5.82 Å². The first kappa shape index (κ1) is 18.4. The summed E-state index contributed by atoms with van der Waals surface area (Å²) in [6.45, 7) is 2.16. The molecule has 25 heavy (non-hydrogen) atoms. The number of hydrogen-bond acceptors (Lipinski definition) is 3. The van der Waals surface area contributed by atoms with Gasteiger partial charge in [0.15, 0.2) is 0 Å². The van der Waals surface area contributed by atoms with E-state index >= 15 is 0 Å². The smallest absolute Gasteiger partial charge is 0.224 e. The molecule has 0 aromatic heterocycles. The number of anilines is 1. The third kappa shape index (κ3) is 5.60. The van der Waals surface area contributed by atoms with Gasteiger partial charge in [0, 0.05) is 25.7 Å². The van der Waals surface area contributed by atoms with Crippen molar-refractivity contribution in [1.82, 2.24) is 5.32 Å².